The third-order valence-electron chi connectivity index (χ3n) is 3.46. The van der Waals surface area contributed by atoms with Gasteiger partial charge in [-0.25, -0.2) is 0 Å². The second-order valence-corrected chi connectivity index (χ2v) is 9.15. The molecule has 0 saturated carbocycles. The van der Waals surface area contributed by atoms with Gasteiger partial charge in [0.2, 0.25) is 0 Å². The van der Waals surface area contributed by atoms with E-state index in [0.717, 1.165) is 15.9 Å². The van der Waals surface area contributed by atoms with Gasteiger partial charge < -0.3 is 5.11 Å². The van der Waals surface area contributed by atoms with Crippen molar-refractivity contribution >= 4 is 33.8 Å². The van der Waals surface area contributed by atoms with Crippen LogP contribution in [0.1, 0.15) is 0 Å². The normalized spacial score (nSPS) is 11.2. The third-order valence-corrected chi connectivity index (χ3v) is 8.42. The average molecular weight is 310 g/mol. The van der Waals surface area contributed by atoms with Gasteiger partial charge in [-0.2, -0.15) is 0 Å². The summed E-state index contributed by atoms with van der Waals surface area (Å²) in [7, 11) is 0. The summed E-state index contributed by atoms with van der Waals surface area (Å²) < 4.78 is 0. The van der Waals surface area contributed by atoms with Crippen molar-refractivity contribution in [2.45, 2.75) is 0 Å². The summed E-state index contributed by atoms with van der Waals surface area (Å²) in [6.45, 7) is 0. The maximum Gasteiger partial charge on any atom is 0.124 e. The van der Waals surface area contributed by atoms with Gasteiger partial charge in [-0.15, -0.1) is 0 Å². The molecule has 0 spiro atoms. The molecule has 3 aromatic carbocycles. The summed E-state index contributed by atoms with van der Waals surface area (Å²) in [5, 5.41) is 13.4. The predicted octanol–water partition coefficient (Wildman–Crippen LogP) is 3.15. The quantitative estimate of drug-likeness (QED) is 0.750. The highest BCUT2D eigenvalue weighted by Gasteiger charge is 2.26. The van der Waals surface area contributed by atoms with Crippen molar-refractivity contribution in [3.8, 4) is 5.75 Å². The first-order valence-corrected chi connectivity index (χ1v) is 9.53. The van der Waals surface area contributed by atoms with Crippen molar-refractivity contribution in [1.29, 1.82) is 0 Å². The molecule has 0 atom stereocenters. The molecular weight excluding hydrogens is 295 g/mol. The lowest BCUT2D eigenvalue weighted by atomic mass is 10.3. The van der Waals surface area contributed by atoms with E-state index in [0.29, 0.717) is 0 Å². The average Bonchev–Trinajstić information content (AvgIpc) is 2.56. The number of benzene rings is 3. The molecule has 0 aromatic heterocycles. The minimum Gasteiger partial charge on any atom is -0.507 e. The van der Waals surface area contributed by atoms with Gasteiger partial charge in [0.15, 0.2) is 0 Å². The van der Waals surface area contributed by atoms with Gasteiger partial charge in [0, 0.05) is 11.3 Å². The fourth-order valence-corrected chi connectivity index (χ4v) is 6.36. The highest BCUT2D eigenvalue weighted by Crippen LogP contribution is 2.44. The van der Waals surface area contributed by atoms with Crippen LogP contribution in [0.4, 0.5) is 0 Å². The summed E-state index contributed by atoms with van der Waals surface area (Å²) in [5.41, 5.74) is 0. The van der Waals surface area contributed by atoms with Gasteiger partial charge in [0.05, 0.1) is 0 Å². The van der Waals surface area contributed by atoms with E-state index in [-0.39, 0.29) is 5.75 Å². The van der Waals surface area contributed by atoms with E-state index in [1.807, 2.05) is 54.6 Å². The topological polar surface area (TPSA) is 20.2 Å². The lowest BCUT2D eigenvalue weighted by molar-refractivity contribution is 0.480. The van der Waals surface area contributed by atoms with Crippen molar-refractivity contribution in [1.82, 2.24) is 0 Å². The zero-order valence-electron chi connectivity index (χ0n) is 11.4. The van der Waals surface area contributed by atoms with Gasteiger partial charge in [-0.05, 0) is 22.7 Å². The minimum atomic E-state index is -2.23. The second kappa shape index (κ2) is 5.85. The van der Waals surface area contributed by atoms with Crippen molar-refractivity contribution in [2.75, 3.05) is 0 Å². The fourth-order valence-electron chi connectivity index (χ4n) is 2.43. The molecule has 0 heterocycles. The van der Waals surface area contributed by atoms with Crippen LogP contribution >= 0.6 is 6.04 Å². The van der Waals surface area contributed by atoms with Crippen molar-refractivity contribution in [2.24, 2.45) is 0 Å². The third kappa shape index (κ3) is 2.53. The predicted molar refractivity (Wildman–Crippen MR) is 94.2 cm³/mol. The van der Waals surface area contributed by atoms with Crippen LogP contribution in [0.3, 0.4) is 0 Å². The summed E-state index contributed by atoms with van der Waals surface area (Å²) in [6.07, 6.45) is 0. The Balaban J connectivity index is 2.32. The van der Waals surface area contributed by atoms with Crippen LogP contribution in [-0.2, 0) is 11.8 Å². The first-order valence-electron chi connectivity index (χ1n) is 6.73. The Labute approximate surface area is 129 Å². The summed E-state index contributed by atoms with van der Waals surface area (Å²) >= 11 is 6.14. The summed E-state index contributed by atoms with van der Waals surface area (Å²) in [4.78, 5) is 0. The van der Waals surface area contributed by atoms with E-state index in [1.54, 1.807) is 6.07 Å². The largest absolute Gasteiger partial charge is 0.507 e. The molecule has 0 fully saturated rings. The number of rotatable bonds is 3. The Kier molecular flexibility index (Phi) is 3.92. The molecule has 1 nitrogen and oxygen atoms in total. The number of phenols is 1. The molecule has 0 amide bonds. The van der Waals surface area contributed by atoms with E-state index in [1.165, 1.54) is 0 Å². The van der Waals surface area contributed by atoms with Gasteiger partial charge in [-0.1, -0.05) is 84.6 Å². The van der Waals surface area contributed by atoms with E-state index in [9.17, 15) is 5.11 Å². The molecule has 0 bridgehead atoms. The number of hydrogen-bond donors (Lipinski definition) is 1. The van der Waals surface area contributed by atoms with Crippen molar-refractivity contribution in [3.63, 3.8) is 0 Å². The SMILES string of the molecule is Oc1ccccc1P(=S)(c1ccccc1)c1ccccc1. The van der Waals surface area contributed by atoms with Crippen LogP contribution in [0.5, 0.6) is 5.75 Å². The van der Waals surface area contributed by atoms with Crippen LogP contribution in [0.15, 0.2) is 84.9 Å². The Morgan fingerprint density at radius 2 is 1.05 bits per heavy atom. The Morgan fingerprint density at radius 3 is 1.52 bits per heavy atom. The van der Waals surface area contributed by atoms with E-state index < -0.39 is 6.04 Å². The molecule has 0 aliphatic rings. The molecule has 3 rings (SSSR count). The zero-order valence-corrected chi connectivity index (χ0v) is 13.1. The fraction of sp³-hybridized carbons (Fsp3) is 0. The first kappa shape index (κ1) is 14.1. The highest BCUT2D eigenvalue weighted by molar-refractivity contribution is 8.25. The molecule has 0 aliphatic carbocycles. The standard InChI is InChI=1S/C18H15OPS/c19-17-13-7-8-14-18(17)20(21,15-9-3-1-4-10-15)16-11-5-2-6-12-16/h1-14,19H. The molecule has 0 unspecified atom stereocenters. The van der Waals surface area contributed by atoms with Crippen molar-refractivity contribution in [3.05, 3.63) is 84.9 Å². The molecule has 3 heteroatoms. The summed E-state index contributed by atoms with van der Waals surface area (Å²) in [6, 6.07) is 25.4. The number of aromatic hydroxyl groups is 1. The smallest absolute Gasteiger partial charge is 0.124 e. The molecule has 1 N–H and O–H groups in total. The Morgan fingerprint density at radius 1 is 0.619 bits per heavy atom. The lowest BCUT2D eigenvalue weighted by Gasteiger charge is -2.24. The van der Waals surface area contributed by atoms with Crippen LogP contribution in [0.2, 0.25) is 0 Å². The first-order chi connectivity index (χ1) is 10.2. The van der Waals surface area contributed by atoms with Crippen LogP contribution in [0, 0.1) is 0 Å². The van der Waals surface area contributed by atoms with Gasteiger partial charge in [0.1, 0.15) is 5.75 Å². The monoisotopic (exact) mass is 310 g/mol. The molecule has 0 saturated heterocycles. The molecule has 21 heavy (non-hydrogen) atoms. The van der Waals surface area contributed by atoms with Gasteiger partial charge >= 0.3 is 0 Å². The van der Waals surface area contributed by atoms with Gasteiger partial charge in [-0.3, -0.25) is 0 Å². The maximum absolute atomic E-state index is 10.3. The Bertz CT molecular complexity index is 741. The molecule has 104 valence electrons. The van der Waals surface area contributed by atoms with E-state index in [4.69, 9.17) is 11.8 Å². The highest BCUT2D eigenvalue weighted by atomic mass is 32.4. The van der Waals surface area contributed by atoms with Crippen LogP contribution in [0.25, 0.3) is 0 Å². The lowest BCUT2D eigenvalue weighted by Crippen LogP contribution is -2.24. The molecule has 3 aromatic rings. The zero-order chi connectivity index (χ0) is 14.7. The van der Waals surface area contributed by atoms with E-state index in [2.05, 4.69) is 24.3 Å². The van der Waals surface area contributed by atoms with Crippen LogP contribution < -0.4 is 15.9 Å². The number of para-hydroxylation sites is 1. The second-order valence-electron chi connectivity index (χ2n) is 4.77. The number of phenolic OH excluding ortho intramolecular Hbond substituents is 1. The maximum atomic E-state index is 10.3. The number of hydrogen-bond acceptors (Lipinski definition) is 2. The molecule has 0 aliphatic heterocycles. The minimum absolute atomic E-state index is 0.272. The Hall–Kier alpha value is -1.89. The summed E-state index contributed by atoms with van der Waals surface area (Å²) in [5.74, 6) is 0.272. The van der Waals surface area contributed by atoms with Crippen LogP contribution in [-0.4, -0.2) is 5.11 Å². The molecular formula is C18H15OPS. The van der Waals surface area contributed by atoms with E-state index >= 15 is 0 Å². The van der Waals surface area contributed by atoms with Crippen molar-refractivity contribution < 1.29 is 5.11 Å². The van der Waals surface area contributed by atoms with Gasteiger partial charge in [0.25, 0.3) is 0 Å². The molecule has 0 radical (unpaired) electrons.